The summed E-state index contributed by atoms with van der Waals surface area (Å²) in [6.45, 7) is 4.23. The number of carboxylic acids is 1. The summed E-state index contributed by atoms with van der Waals surface area (Å²) < 4.78 is 5.38. The van der Waals surface area contributed by atoms with E-state index in [1.54, 1.807) is 19.4 Å². The Balaban J connectivity index is 2.14. The molecular weight excluding hydrogens is 232 g/mol. The number of hydrogen-bond donors (Lipinski definition) is 2. The van der Waals surface area contributed by atoms with Gasteiger partial charge in [0, 0.05) is 31.0 Å². The highest BCUT2D eigenvalue weighted by Gasteiger charge is 2.48. The number of nitrogens with zero attached hydrogens (tertiary/aromatic N) is 1. The van der Waals surface area contributed by atoms with Crippen molar-refractivity contribution in [3.05, 3.63) is 24.0 Å². The molecular formula is C13H18N2O3. The molecule has 5 nitrogen and oxygen atoms in total. The van der Waals surface area contributed by atoms with Gasteiger partial charge in [-0.2, -0.15) is 0 Å². The summed E-state index contributed by atoms with van der Waals surface area (Å²) in [4.78, 5) is 14.9. The molecule has 1 saturated carbocycles. The van der Waals surface area contributed by atoms with E-state index in [0.29, 0.717) is 5.69 Å². The number of hydrogen-bond acceptors (Lipinski definition) is 4. The number of aromatic nitrogens is 1. The first-order chi connectivity index (χ1) is 8.46. The number of pyridine rings is 1. The van der Waals surface area contributed by atoms with Crippen LogP contribution >= 0.6 is 0 Å². The Morgan fingerprint density at radius 3 is 2.89 bits per heavy atom. The summed E-state index contributed by atoms with van der Waals surface area (Å²) in [6.07, 6.45) is 4.05. The third kappa shape index (κ3) is 2.06. The van der Waals surface area contributed by atoms with Crippen molar-refractivity contribution in [2.24, 2.45) is 5.41 Å². The van der Waals surface area contributed by atoms with Crippen LogP contribution in [0.5, 0.6) is 0 Å². The van der Waals surface area contributed by atoms with Gasteiger partial charge >= 0.3 is 5.97 Å². The van der Waals surface area contributed by atoms with E-state index in [-0.39, 0.29) is 23.1 Å². The normalized spacial score (nSPS) is 25.3. The maximum atomic E-state index is 11.1. The fourth-order valence-corrected chi connectivity index (χ4v) is 2.41. The zero-order chi connectivity index (χ0) is 13.3. The molecule has 2 rings (SSSR count). The number of aromatic carboxylic acids is 1. The van der Waals surface area contributed by atoms with Crippen LogP contribution in [0.3, 0.4) is 0 Å². The Morgan fingerprint density at radius 1 is 1.61 bits per heavy atom. The van der Waals surface area contributed by atoms with Gasteiger partial charge in [0.25, 0.3) is 0 Å². The highest BCUT2D eigenvalue weighted by molar-refractivity contribution is 5.93. The summed E-state index contributed by atoms with van der Waals surface area (Å²) in [5, 5.41) is 12.4. The highest BCUT2D eigenvalue weighted by atomic mass is 16.5. The third-order valence-corrected chi connectivity index (χ3v) is 3.84. The minimum atomic E-state index is -0.967. The van der Waals surface area contributed by atoms with E-state index in [0.717, 1.165) is 6.42 Å². The number of carboxylic acid groups (broad SMARTS) is 1. The lowest BCUT2D eigenvalue weighted by Gasteiger charge is -2.51. The number of rotatable bonds is 4. The fraction of sp³-hybridized carbons (Fsp3) is 0.538. The van der Waals surface area contributed by atoms with Crippen molar-refractivity contribution >= 4 is 11.7 Å². The van der Waals surface area contributed by atoms with Crippen molar-refractivity contribution in [2.45, 2.75) is 32.4 Å². The van der Waals surface area contributed by atoms with Gasteiger partial charge in [0.2, 0.25) is 0 Å². The quantitative estimate of drug-likeness (QED) is 0.855. The van der Waals surface area contributed by atoms with Gasteiger partial charge in [-0.1, -0.05) is 13.8 Å². The van der Waals surface area contributed by atoms with Gasteiger partial charge in [-0.25, -0.2) is 4.79 Å². The van der Waals surface area contributed by atoms with Crippen LogP contribution in [0.2, 0.25) is 0 Å². The highest BCUT2D eigenvalue weighted by Crippen LogP contribution is 2.44. The maximum absolute atomic E-state index is 11.1. The van der Waals surface area contributed by atoms with Gasteiger partial charge in [0.05, 0.1) is 11.8 Å². The second-order valence-corrected chi connectivity index (χ2v) is 5.20. The van der Waals surface area contributed by atoms with E-state index in [1.165, 1.54) is 6.20 Å². The number of carbonyl (C=O) groups is 1. The van der Waals surface area contributed by atoms with E-state index < -0.39 is 5.97 Å². The Labute approximate surface area is 106 Å². The SMILES string of the molecule is COC1CC(Nc2ccncc2C(=O)O)C1(C)C. The molecule has 0 bridgehead atoms. The number of nitrogens with one attached hydrogen (secondary N) is 1. The summed E-state index contributed by atoms with van der Waals surface area (Å²) in [7, 11) is 1.71. The van der Waals surface area contributed by atoms with Gasteiger partial charge in [-0.3, -0.25) is 4.98 Å². The molecule has 0 aromatic carbocycles. The molecule has 1 fully saturated rings. The largest absolute Gasteiger partial charge is 0.478 e. The molecule has 0 saturated heterocycles. The Morgan fingerprint density at radius 2 is 2.33 bits per heavy atom. The minimum absolute atomic E-state index is 0.00616. The summed E-state index contributed by atoms with van der Waals surface area (Å²) in [6, 6.07) is 1.91. The number of ether oxygens (including phenoxy) is 1. The minimum Gasteiger partial charge on any atom is -0.478 e. The van der Waals surface area contributed by atoms with Crippen molar-refractivity contribution < 1.29 is 14.6 Å². The van der Waals surface area contributed by atoms with Crippen LogP contribution in [0.25, 0.3) is 0 Å². The van der Waals surface area contributed by atoms with Crippen LogP contribution in [0, 0.1) is 5.41 Å². The lowest BCUT2D eigenvalue weighted by atomic mass is 9.64. The predicted molar refractivity (Wildman–Crippen MR) is 67.8 cm³/mol. The smallest absolute Gasteiger partial charge is 0.339 e. The van der Waals surface area contributed by atoms with Gasteiger partial charge in [0.1, 0.15) is 5.56 Å². The standard InChI is InChI=1S/C13H18N2O3/c1-13(2)10(6-11(13)18-3)15-9-4-5-14-7-8(9)12(16)17/h4-5,7,10-11H,6H2,1-3H3,(H,14,15)(H,16,17). The van der Waals surface area contributed by atoms with E-state index >= 15 is 0 Å². The van der Waals surface area contributed by atoms with Gasteiger partial charge in [-0.05, 0) is 12.5 Å². The number of anilines is 1. The molecule has 0 spiro atoms. The van der Waals surface area contributed by atoms with Crippen LogP contribution < -0.4 is 5.32 Å². The molecule has 18 heavy (non-hydrogen) atoms. The van der Waals surface area contributed by atoms with Crippen molar-refractivity contribution in [1.29, 1.82) is 0 Å². The molecule has 0 aliphatic heterocycles. The summed E-state index contributed by atoms with van der Waals surface area (Å²) in [5.41, 5.74) is 0.813. The Kier molecular flexibility index (Phi) is 3.26. The van der Waals surface area contributed by atoms with E-state index in [9.17, 15) is 4.79 Å². The van der Waals surface area contributed by atoms with Crippen LogP contribution in [0.15, 0.2) is 18.5 Å². The van der Waals surface area contributed by atoms with Crippen molar-refractivity contribution in [3.8, 4) is 0 Å². The molecule has 1 aromatic rings. The van der Waals surface area contributed by atoms with Crippen LogP contribution in [-0.4, -0.2) is 35.3 Å². The first kappa shape index (κ1) is 12.8. The molecule has 5 heteroatoms. The maximum Gasteiger partial charge on any atom is 0.339 e. The van der Waals surface area contributed by atoms with Gasteiger partial charge in [0.15, 0.2) is 0 Å². The molecule has 2 N–H and O–H groups in total. The van der Waals surface area contributed by atoms with E-state index in [1.807, 2.05) is 0 Å². The summed E-state index contributed by atoms with van der Waals surface area (Å²) >= 11 is 0. The average Bonchev–Trinajstić information content (AvgIpc) is 2.34. The van der Waals surface area contributed by atoms with E-state index in [2.05, 4.69) is 24.1 Å². The molecule has 98 valence electrons. The van der Waals surface area contributed by atoms with Gasteiger partial charge in [-0.15, -0.1) is 0 Å². The zero-order valence-corrected chi connectivity index (χ0v) is 10.8. The molecule has 0 amide bonds. The first-order valence-corrected chi connectivity index (χ1v) is 5.93. The molecule has 0 radical (unpaired) electrons. The Hall–Kier alpha value is -1.62. The van der Waals surface area contributed by atoms with Crippen molar-refractivity contribution in [2.75, 3.05) is 12.4 Å². The van der Waals surface area contributed by atoms with Crippen molar-refractivity contribution in [3.63, 3.8) is 0 Å². The average molecular weight is 250 g/mol. The Bertz CT molecular complexity index is 459. The third-order valence-electron chi connectivity index (χ3n) is 3.84. The monoisotopic (exact) mass is 250 g/mol. The zero-order valence-electron chi connectivity index (χ0n) is 10.8. The van der Waals surface area contributed by atoms with Crippen molar-refractivity contribution in [1.82, 2.24) is 4.98 Å². The van der Waals surface area contributed by atoms with Gasteiger partial charge < -0.3 is 15.2 Å². The lowest BCUT2D eigenvalue weighted by Crippen LogP contribution is -2.57. The van der Waals surface area contributed by atoms with Crippen LogP contribution in [0.1, 0.15) is 30.6 Å². The molecule has 1 aliphatic carbocycles. The molecule has 1 heterocycles. The summed E-state index contributed by atoms with van der Waals surface area (Å²) in [5.74, 6) is -0.967. The fourth-order valence-electron chi connectivity index (χ4n) is 2.41. The predicted octanol–water partition coefficient (Wildman–Crippen LogP) is 2.01. The molecule has 2 unspecified atom stereocenters. The number of methoxy groups -OCH3 is 1. The topological polar surface area (TPSA) is 71.5 Å². The van der Waals surface area contributed by atoms with Crippen LogP contribution in [0.4, 0.5) is 5.69 Å². The van der Waals surface area contributed by atoms with E-state index in [4.69, 9.17) is 9.84 Å². The second-order valence-electron chi connectivity index (χ2n) is 5.20. The first-order valence-electron chi connectivity index (χ1n) is 5.93. The van der Waals surface area contributed by atoms with Crippen LogP contribution in [-0.2, 0) is 4.74 Å². The second kappa shape index (κ2) is 4.57. The lowest BCUT2D eigenvalue weighted by molar-refractivity contribution is -0.0794. The molecule has 2 atom stereocenters. The molecule has 1 aliphatic rings. The molecule has 1 aromatic heterocycles.